The zero-order valence-electron chi connectivity index (χ0n) is 24.8. The average molecular weight is 551 g/mol. The van der Waals surface area contributed by atoms with Crippen LogP contribution >= 0.6 is 7.82 Å². The van der Waals surface area contributed by atoms with Gasteiger partial charge in [-0.2, -0.15) is 0 Å². The summed E-state index contributed by atoms with van der Waals surface area (Å²) in [5, 5.41) is 10.6. The van der Waals surface area contributed by atoms with Crippen molar-refractivity contribution in [3.8, 4) is 0 Å². The summed E-state index contributed by atoms with van der Waals surface area (Å²) in [6.07, 6.45) is 9.99. The highest BCUT2D eigenvalue weighted by molar-refractivity contribution is 7.46. The third-order valence-electron chi connectivity index (χ3n) is 14.7. The predicted octanol–water partition coefficient (Wildman–Crippen LogP) is 7.60. The van der Waals surface area contributed by atoms with Crippen LogP contribution in [0.5, 0.6) is 0 Å². The molecule has 0 aromatic heterocycles. The maximum atomic E-state index is 12.9. The van der Waals surface area contributed by atoms with E-state index < -0.39 is 30.7 Å². The van der Waals surface area contributed by atoms with Gasteiger partial charge in [-0.15, -0.1) is 0 Å². The molecule has 6 nitrogen and oxygen atoms in total. The molecule has 4 fully saturated rings. The Labute approximate surface area is 229 Å². The van der Waals surface area contributed by atoms with Crippen LogP contribution in [-0.2, 0) is 13.9 Å². The number of fused-ring (bicyclic) bond motifs is 7. The Balaban J connectivity index is 1.59. The molecular formula is C31H51O6P. The first-order valence-corrected chi connectivity index (χ1v) is 16.5. The van der Waals surface area contributed by atoms with Crippen molar-refractivity contribution in [2.24, 2.45) is 56.2 Å². The van der Waals surface area contributed by atoms with Crippen molar-refractivity contribution in [1.29, 1.82) is 0 Å². The van der Waals surface area contributed by atoms with Crippen molar-refractivity contribution < 1.29 is 28.8 Å². The number of carboxylic acids is 1. The normalized spacial score (nSPS) is 52.1. The third kappa shape index (κ3) is 3.42. The fourth-order valence-electron chi connectivity index (χ4n) is 11.4. The van der Waals surface area contributed by atoms with Crippen molar-refractivity contribution in [2.75, 3.05) is 0 Å². The number of hydrogen-bond acceptors (Lipinski definition) is 3. The van der Waals surface area contributed by atoms with Crippen LogP contribution < -0.4 is 0 Å². The highest BCUT2D eigenvalue weighted by Gasteiger charge is 2.72. The molecule has 3 N–H and O–H groups in total. The summed E-state index contributed by atoms with van der Waals surface area (Å²) < 4.78 is 17.3. The molecule has 0 aliphatic heterocycles. The van der Waals surface area contributed by atoms with Gasteiger partial charge >= 0.3 is 13.8 Å². The minimum atomic E-state index is -4.58. The lowest BCUT2D eigenvalue weighted by atomic mass is 9.30. The Kier molecular flexibility index (Phi) is 6.40. The second kappa shape index (κ2) is 8.43. The second-order valence-corrected chi connectivity index (χ2v) is 16.8. The fraction of sp³-hybridized carbons (Fsp3) is 0.903. The molecule has 4 saturated carbocycles. The summed E-state index contributed by atoms with van der Waals surface area (Å²) in [6, 6.07) is 0. The van der Waals surface area contributed by atoms with Crippen molar-refractivity contribution >= 4 is 13.8 Å². The molecule has 1 unspecified atom stereocenters. The number of allylic oxidation sites excluding steroid dienone is 2. The number of phosphoric ester groups is 1. The molecule has 10 atom stereocenters. The SMILES string of the molecule is C[C@@H]1CC[C@]2(C(=O)O)CC[C@]3(C)C(=CC[C@@H]4[C@@]5(C)CC[C@H](OP(=O)(O)O)C(C)(C)[C@]5(C)CC[C@]43C)C2[C@H]1C. The summed E-state index contributed by atoms with van der Waals surface area (Å²) in [5.41, 5.74) is 0.252. The van der Waals surface area contributed by atoms with Crippen LogP contribution in [0, 0.1) is 56.2 Å². The lowest BCUT2D eigenvalue weighted by Crippen LogP contribution is -2.69. The smallest absolute Gasteiger partial charge is 0.469 e. The molecule has 216 valence electrons. The molecule has 7 heteroatoms. The zero-order valence-corrected chi connectivity index (χ0v) is 25.7. The number of rotatable bonds is 3. The van der Waals surface area contributed by atoms with Gasteiger partial charge in [0.25, 0.3) is 0 Å². The lowest BCUT2D eigenvalue weighted by molar-refractivity contribution is -0.248. The zero-order chi connectivity index (χ0) is 28.3. The minimum Gasteiger partial charge on any atom is -0.481 e. The first-order valence-electron chi connectivity index (χ1n) is 15.0. The molecule has 5 aliphatic carbocycles. The molecule has 0 aromatic carbocycles. The van der Waals surface area contributed by atoms with Crippen LogP contribution in [0.25, 0.3) is 0 Å². The van der Waals surface area contributed by atoms with Crippen LogP contribution in [0.1, 0.15) is 113 Å². The summed E-state index contributed by atoms with van der Waals surface area (Å²) >= 11 is 0. The molecule has 0 heterocycles. The first kappa shape index (κ1) is 28.8. The molecule has 38 heavy (non-hydrogen) atoms. The van der Waals surface area contributed by atoms with Gasteiger partial charge in [-0.3, -0.25) is 9.32 Å². The van der Waals surface area contributed by atoms with Gasteiger partial charge in [0.15, 0.2) is 0 Å². The lowest BCUT2D eigenvalue weighted by Gasteiger charge is -2.74. The molecular weight excluding hydrogens is 499 g/mol. The minimum absolute atomic E-state index is 0.0178. The Morgan fingerprint density at radius 1 is 0.921 bits per heavy atom. The maximum absolute atomic E-state index is 12.9. The average Bonchev–Trinajstić information content (AvgIpc) is 2.80. The largest absolute Gasteiger partial charge is 0.481 e. The van der Waals surface area contributed by atoms with E-state index in [0.29, 0.717) is 24.2 Å². The highest BCUT2D eigenvalue weighted by Crippen LogP contribution is 2.79. The highest BCUT2D eigenvalue weighted by atomic mass is 31.2. The van der Waals surface area contributed by atoms with Gasteiger partial charge in [0, 0.05) is 0 Å². The van der Waals surface area contributed by atoms with Crippen molar-refractivity contribution in [1.82, 2.24) is 0 Å². The monoisotopic (exact) mass is 550 g/mol. The number of carbonyl (C=O) groups is 1. The molecule has 0 aromatic rings. The Morgan fingerprint density at radius 3 is 2.18 bits per heavy atom. The Bertz CT molecular complexity index is 1090. The maximum Gasteiger partial charge on any atom is 0.469 e. The first-order chi connectivity index (χ1) is 17.3. The molecule has 0 saturated heterocycles. The molecule has 0 spiro atoms. The summed E-state index contributed by atoms with van der Waals surface area (Å²) in [4.78, 5) is 32.2. The van der Waals surface area contributed by atoms with Crippen molar-refractivity contribution in [3.63, 3.8) is 0 Å². The summed E-state index contributed by atoms with van der Waals surface area (Å²) in [6.45, 7) is 18.7. The molecule has 0 radical (unpaired) electrons. The van der Waals surface area contributed by atoms with Gasteiger partial charge in [-0.05, 0) is 109 Å². The quantitative estimate of drug-likeness (QED) is 0.247. The summed E-state index contributed by atoms with van der Waals surface area (Å²) in [5.74, 6) is 0.814. The van der Waals surface area contributed by atoms with Gasteiger partial charge in [0.1, 0.15) is 0 Å². The second-order valence-electron chi connectivity index (χ2n) is 15.6. The molecule has 0 bridgehead atoms. The van der Waals surface area contributed by atoms with Crippen LogP contribution in [0.2, 0.25) is 0 Å². The van der Waals surface area contributed by atoms with E-state index in [1.54, 1.807) is 0 Å². The Hall–Kier alpha value is -0.680. The van der Waals surface area contributed by atoms with E-state index in [4.69, 9.17) is 4.52 Å². The van der Waals surface area contributed by atoms with E-state index in [2.05, 4.69) is 61.5 Å². The van der Waals surface area contributed by atoms with Crippen LogP contribution in [0.3, 0.4) is 0 Å². The van der Waals surface area contributed by atoms with Crippen LogP contribution in [0.4, 0.5) is 0 Å². The van der Waals surface area contributed by atoms with Gasteiger partial charge in [0.05, 0.1) is 11.5 Å². The molecule has 5 aliphatic rings. The van der Waals surface area contributed by atoms with Gasteiger partial charge in [-0.25, -0.2) is 4.57 Å². The third-order valence-corrected chi connectivity index (χ3v) is 15.3. The van der Waals surface area contributed by atoms with E-state index in [1.165, 1.54) is 5.57 Å². The molecule has 0 amide bonds. The number of aliphatic carboxylic acids is 1. The molecule has 5 rings (SSSR count). The van der Waals surface area contributed by atoms with Crippen molar-refractivity contribution in [3.05, 3.63) is 11.6 Å². The van der Waals surface area contributed by atoms with Crippen molar-refractivity contribution in [2.45, 2.75) is 119 Å². The van der Waals surface area contributed by atoms with Gasteiger partial charge in [0.2, 0.25) is 0 Å². The number of hydrogen-bond donors (Lipinski definition) is 3. The number of carboxylic acid groups (broad SMARTS) is 1. The predicted molar refractivity (Wildman–Crippen MR) is 148 cm³/mol. The van der Waals surface area contributed by atoms with Gasteiger partial charge in [-0.1, -0.05) is 67.0 Å². The van der Waals surface area contributed by atoms with Gasteiger partial charge < -0.3 is 14.9 Å². The van der Waals surface area contributed by atoms with E-state index in [-0.39, 0.29) is 27.6 Å². The summed E-state index contributed by atoms with van der Waals surface area (Å²) in [7, 11) is -4.58. The standard InChI is InChI=1S/C31H51O6P/c1-19-11-14-31(25(32)33)18-16-27(5)21(24(31)20(19)2)9-10-22-28(27,6)15-17-30(8)26(3,4)23(37-38(34,35)36)12-13-29(22,30)7/h9,19-20,22-24H,10-18H2,1-8H3,(H,32,33)(H2,34,35,36)/t19-,20+,22+,23+,24?,27-,28-,29-,30+,31+/m1/s1. The van der Waals surface area contributed by atoms with Crippen LogP contribution in [-0.4, -0.2) is 27.0 Å². The Morgan fingerprint density at radius 2 is 1.58 bits per heavy atom. The fourth-order valence-corrected chi connectivity index (χ4v) is 12.1. The van der Waals surface area contributed by atoms with E-state index in [1.807, 2.05) is 0 Å². The topological polar surface area (TPSA) is 104 Å². The van der Waals surface area contributed by atoms with E-state index >= 15 is 0 Å². The van der Waals surface area contributed by atoms with E-state index in [0.717, 1.165) is 51.4 Å². The van der Waals surface area contributed by atoms with Crippen LogP contribution in [0.15, 0.2) is 11.6 Å². The van der Waals surface area contributed by atoms with E-state index in [9.17, 15) is 24.3 Å². The number of phosphoric acid groups is 1.